The Hall–Kier alpha value is -0.610. The van der Waals surface area contributed by atoms with Gasteiger partial charge in [0.2, 0.25) is 0 Å². The molecule has 2 heterocycles. The van der Waals surface area contributed by atoms with Gasteiger partial charge in [0.05, 0.1) is 5.60 Å². The summed E-state index contributed by atoms with van der Waals surface area (Å²) in [7, 11) is 0. The van der Waals surface area contributed by atoms with Crippen molar-refractivity contribution < 1.29 is 9.53 Å². The van der Waals surface area contributed by atoms with Gasteiger partial charge in [-0.15, -0.1) is 0 Å². The van der Waals surface area contributed by atoms with Crippen molar-refractivity contribution in [3.8, 4) is 0 Å². The number of rotatable bonds is 1. The van der Waals surface area contributed by atoms with Gasteiger partial charge in [-0.1, -0.05) is 0 Å². The maximum Gasteiger partial charge on any atom is 0.254 e. The van der Waals surface area contributed by atoms with Crippen LogP contribution in [0.1, 0.15) is 40.0 Å². The van der Waals surface area contributed by atoms with E-state index in [1.54, 1.807) is 0 Å². The molecule has 0 aromatic heterocycles. The summed E-state index contributed by atoms with van der Waals surface area (Å²) in [6.45, 7) is 9.43. The first-order valence-electron chi connectivity index (χ1n) is 6.69. The first-order valence-corrected chi connectivity index (χ1v) is 6.69. The number of hydrogen-bond donors (Lipinski definition) is 1. The van der Waals surface area contributed by atoms with Crippen molar-refractivity contribution in [2.24, 2.45) is 0 Å². The van der Waals surface area contributed by atoms with Crippen LogP contribution in [0.2, 0.25) is 0 Å². The third-order valence-electron chi connectivity index (χ3n) is 3.88. The number of ether oxygens (including phenoxy) is 1. The zero-order chi connectivity index (χ0) is 12.5. The average Bonchev–Trinajstić information content (AvgIpc) is 2.49. The van der Waals surface area contributed by atoms with Crippen LogP contribution in [-0.2, 0) is 9.53 Å². The number of carbonyl (C=O) groups is 1. The number of carbonyl (C=O) groups excluding carboxylic acids is 1. The van der Waals surface area contributed by atoms with Crippen molar-refractivity contribution in [1.29, 1.82) is 0 Å². The van der Waals surface area contributed by atoms with E-state index in [1.165, 1.54) is 0 Å². The van der Waals surface area contributed by atoms with Gasteiger partial charge >= 0.3 is 0 Å². The first-order chi connectivity index (χ1) is 7.99. The quantitative estimate of drug-likeness (QED) is 0.747. The third-order valence-corrected chi connectivity index (χ3v) is 3.88. The molecule has 0 aromatic rings. The van der Waals surface area contributed by atoms with Gasteiger partial charge in [0.1, 0.15) is 5.60 Å². The Morgan fingerprint density at radius 1 is 1.35 bits per heavy atom. The molecule has 98 valence electrons. The first kappa shape index (κ1) is 12.8. The molecular weight excluding hydrogens is 216 g/mol. The molecule has 17 heavy (non-hydrogen) atoms. The molecule has 2 aliphatic heterocycles. The van der Waals surface area contributed by atoms with Gasteiger partial charge in [0, 0.05) is 13.1 Å². The lowest BCUT2D eigenvalue weighted by molar-refractivity contribution is -0.208. The van der Waals surface area contributed by atoms with Crippen molar-refractivity contribution >= 4 is 5.91 Å². The molecule has 2 rings (SSSR count). The number of nitrogens with zero attached hydrogens (tertiary/aromatic N) is 1. The minimum absolute atomic E-state index is 0.128. The van der Waals surface area contributed by atoms with Crippen molar-refractivity contribution in [3.63, 3.8) is 0 Å². The third kappa shape index (κ3) is 2.47. The predicted octanol–water partition coefficient (Wildman–Crippen LogP) is 1.16. The lowest BCUT2D eigenvalue weighted by atomic mass is 9.88. The van der Waals surface area contributed by atoms with Crippen LogP contribution in [0, 0.1) is 0 Å². The fourth-order valence-electron chi connectivity index (χ4n) is 3.03. The average molecular weight is 240 g/mol. The van der Waals surface area contributed by atoms with Crippen LogP contribution in [-0.4, -0.2) is 48.2 Å². The molecule has 2 aliphatic rings. The maximum absolute atomic E-state index is 12.2. The number of likely N-dealkylation sites (N-methyl/N-ethyl adjacent to an activating group) is 1. The van der Waals surface area contributed by atoms with Crippen LogP contribution in [0.4, 0.5) is 0 Å². The molecule has 2 saturated heterocycles. The second kappa shape index (κ2) is 4.58. The van der Waals surface area contributed by atoms with Crippen molar-refractivity contribution in [2.75, 3.05) is 26.2 Å². The van der Waals surface area contributed by atoms with E-state index in [4.69, 9.17) is 4.74 Å². The Kier molecular flexibility index (Phi) is 3.46. The highest BCUT2D eigenvalue weighted by Crippen LogP contribution is 2.35. The summed E-state index contributed by atoms with van der Waals surface area (Å²) in [5, 5.41) is 3.41. The normalized spacial score (nSPS) is 33.8. The van der Waals surface area contributed by atoms with E-state index < -0.39 is 5.60 Å². The Morgan fingerprint density at radius 3 is 2.82 bits per heavy atom. The van der Waals surface area contributed by atoms with Crippen molar-refractivity contribution in [2.45, 2.75) is 51.2 Å². The fraction of sp³-hybridized carbons (Fsp3) is 0.923. The molecule has 1 atom stereocenters. The van der Waals surface area contributed by atoms with Gasteiger partial charge < -0.3 is 15.0 Å². The van der Waals surface area contributed by atoms with E-state index in [0.29, 0.717) is 0 Å². The molecule has 0 bridgehead atoms. The fourth-order valence-corrected chi connectivity index (χ4v) is 3.03. The van der Waals surface area contributed by atoms with Crippen molar-refractivity contribution in [3.05, 3.63) is 0 Å². The molecule has 0 saturated carbocycles. The molecule has 4 heteroatoms. The van der Waals surface area contributed by atoms with E-state index in [-0.39, 0.29) is 11.5 Å². The van der Waals surface area contributed by atoms with Gasteiger partial charge in [-0.25, -0.2) is 0 Å². The minimum atomic E-state index is -0.668. The summed E-state index contributed by atoms with van der Waals surface area (Å²) in [4.78, 5) is 14.1. The van der Waals surface area contributed by atoms with E-state index in [0.717, 1.165) is 45.4 Å². The topological polar surface area (TPSA) is 41.6 Å². The van der Waals surface area contributed by atoms with E-state index in [2.05, 4.69) is 5.32 Å². The number of morpholine rings is 1. The Balaban J connectivity index is 2.20. The SMILES string of the molecule is CCN1CC2(CCCNCC2)OC(C)(C)C1=O. The van der Waals surface area contributed by atoms with Crippen molar-refractivity contribution in [1.82, 2.24) is 10.2 Å². The number of hydrogen-bond acceptors (Lipinski definition) is 3. The highest BCUT2D eigenvalue weighted by Gasteiger charge is 2.48. The summed E-state index contributed by atoms with van der Waals surface area (Å²) >= 11 is 0. The number of amides is 1. The lowest BCUT2D eigenvalue weighted by Crippen LogP contribution is -2.63. The molecule has 2 fully saturated rings. The zero-order valence-electron chi connectivity index (χ0n) is 11.2. The molecule has 0 aromatic carbocycles. The Labute approximate surface area is 104 Å². The largest absolute Gasteiger partial charge is 0.357 e. The molecule has 0 aliphatic carbocycles. The monoisotopic (exact) mass is 240 g/mol. The number of nitrogens with one attached hydrogen (secondary N) is 1. The summed E-state index contributed by atoms with van der Waals surface area (Å²) in [6, 6.07) is 0. The summed E-state index contributed by atoms with van der Waals surface area (Å²) in [5.74, 6) is 0.128. The summed E-state index contributed by atoms with van der Waals surface area (Å²) in [6.07, 6.45) is 3.18. The lowest BCUT2D eigenvalue weighted by Gasteiger charge is -2.49. The zero-order valence-corrected chi connectivity index (χ0v) is 11.2. The van der Waals surface area contributed by atoms with Gasteiger partial charge in [-0.2, -0.15) is 0 Å². The molecule has 4 nitrogen and oxygen atoms in total. The van der Waals surface area contributed by atoms with Crippen LogP contribution in [0.3, 0.4) is 0 Å². The van der Waals surface area contributed by atoms with Crippen LogP contribution in [0.25, 0.3) is 0 Å². The molecule has 0 radical (unpaired) electrons. The molecule has 1 spiro atoms. The van der Waals surface area contributed by atoms with E-state index >= 15 is 0 Å². The van der Waals surface area contributed by atoms with Crippen LogP contribution in [0.15, 0.2) is 0 Å². The van der Waals surface area contributed by atoms with Crippen LogP contribution >= 0.6 is 0 Å². The predicted molar refractivity (Wildman–Crippen MR) is 66.9 cm³/mol. The van der Waals surface area contributed by atoms with Crippen LogP contribution in [0.5, 0.6) is 0 Å². The molecule has 1 unspecified atom stereocenters. The second-order valence-electron chi connectivity index (χ2n) is 5.72. The summed E-state index contributed by atoms with van der Waals surface area (Å²) < 4.78 is 6.20. The van der Waals surface area contributed by atoms with Gasteiger partial charge in [0.25, 0.3) is 5.91 Å². The smallest absolute Gasteiger partial charge is 0.254 e. The highest BCUT2D eigenvalue weighted by atomic mass is 16.5. The standard InChI is InChI=1S/C13H24N2O2/c1-4-15-10-13(6-5-8-14-9-7-13)17-12(2,3)11(15)16/h14H,4-10H2,1-3H3. The second-order valence-corrected chi connectivity index (χ2v) is 5.72. The highest BCUT2D eigenvalue weighted by molar-refractivity contribution is 5.85. The van der Waals surface area contributed by atoms with E-state index in [1.807, 2.05) is 25.7 Å². The molecule has 1 N–H and O–H groups in total. The minimum Gasteiger partial charge on any atom is -0.357 e. The van der Waals surface area contributed by atoms with Gasteiger partial charge in [0.15, 0.2) is 0 Å². The Bertz CT molecular complexity index is 294. The van der Waals surface area contributed by atoms with E-state index in [9.17, 15) is 4.79 Å². The Morgan fingerprint density at radius 2 is 2.12 bits per heavy atom. The van der Waals surface area contributed by atoms with Crippen LogP contribution < -0.4 is 5.32 Å². The van der Waals surface area contributed by atoms with Gasteiger partial charge in [-0.05, 0) is 53.1 Å². The maximum atomic E-state index is 12.2. The van der Waals surface area contributed by atoms with Gasteiger partial charge in [-0.3, -0.25) is 4.79 Å². The molecule has 1 amide bonds. The summed E-state index contributed by atoms with van der Waals surface area (Å²) in [5.41, 5.74) is -0.796. The molecular formula is C13H24N2O2.